The van der Waals surface area contributed by atoms with Gasteiger partial charge in [0.1, 0.15) is 0 Å². The molecule has 0 bridgehead atoms. The van der Waals surface area contributed by atoms with Crippen LogP contribution in [-0.2, 0) is 21.2 Å². The summed E-state index contributed by atoms with van der Waals surface area (Å²) in [5.74, 6) is -0.495. The largest absolute Gasteiger partial charge is 0.326 e. The van der Waals surface area contributed by atoms with Crippen LogP contribution in [0.15, 0.2) is 53.3 Å². The lowest BCUT2D eigenvalue weighted by Crippen LogP contribution is -2.44. The summed E-state index contributed by atoms with van der Waals surface area (Å²) in [6.45, 7) is 4.60. The van der Waals surface area contributed by atoms with Crippen molar-refractivity contribution in [2.24, 2.45) is 5.92 Å². The van der Waals surface area contributed by atoms with E-state index in [1.54, 1.807) is 10.6 Å². The Balaban J connectivity index is 1.37. The molecule has 1 aliphatic rings. The van der Waals surface area contributed by atoms with Gasteiger partial charge in [0.25, 0.3) is 0 Å². The third kappa shape index (κ3) is 5.59. The van der Waals surface area contributed by atoms with Crippen LogP contribution in [0.25, 0.3) is 10.2 Å². The topological polar surface area (TPSA) is 88.5 Å². The van der Waals surface area contributed by atoms with Gasteiger partial charge in [-0.1, -0.05) is 41.7 Å². The Morgan fingerprint density at radius 2 is 1.94 bits per heavy atom. The second kappa shape index (κ2) is 10.4. The maximum absolute atomic E-state index is 13.0. The van der Waals surface area contributed by atoms with Crippen molar-refractivity contribution in [1.29, 1.82) is 0 Å². The molecule has 1 amide bonds. The van der Waals surface area contributed by atoms with E-state index in [0.29, 0.717) is 37.9 Å². The quantitative estimate of drug-likeness (QED) is 0.500. The van der Waals surface area contributed by atoms with Gasteiger partial charge in [0.2, 0.25) is 15.9 Å². The molecule has 1 aromatic heterocycles. The smallest absolute Gasteiger partial charge is 0.308 e. The normalized spacial score (nSPS) is 17.3. The molecular weight excluding hydrogens is 470 g/mol. The van der Waals surface area contributed by atoms with Crippen LogP contribution in [0.4, 0.5) is 5.69 Å². The summed E-state index contributed by atoms with van der Waals surface area (Å²) >= 11 is 1.16. The average Bonchev–Trinajstić information content (AvgIpc) is 3.15. The number of thiazole rings is 1. The molecule has 1 saturated heterocycles. The summed E-state index contributed by atoms with van der Waals surface area (Å²) in [7, 11) is -3.41. The van der Waals surface area contributed by atoms with Crippen molar-refractivity contribution in [2.75, 3.05) is 24.2 Å². The van der Waals surface area contributed by atoms with Gasteiger partial charge in [-0.3, -0.25) is 14.2 Å². The number of aromatic nitrogens is 1. The Labute approximate surface area is 204 Å². The Bertz CT molecular complexity index is 1310. The van der Waals surface area contributed by atoms with Crippen LogP contribution >= 0.6 is 11.3 Å². The number of piperidine rings is 1. The van der Waals surface area contributed by atoms with E-state index < -0.39 is 15.9 Å². The Hall–Kier alpha value is -2.49. The molecule has 0 unspecified atom stereocenters. The minimum absolute atomic E-state index is 0.0196. The summed E-state index contributed by atoms with van der Waals surface area (Å²) in [6, 6.07) is 15.4. The zero-order valence-electron chi connectivity index (χ0n) is 19.6. The Morgan fingerprint density at radius 3 is 2.68 bits per heavy atom. The number of benzene rings is 2. The number of sulfonamides is 1. The average molecular weight is 502 g/mol. The van der Waals surface area contributed by atoms with E-state index in [-0.39, 0.29) is 29.1 Å². The van der Waals surface area contributed by atoms with Crippen molar-refractivity contribution >= 4 is 43.2 Å². The SMILES string of the molecule is CC(C)n1c(=O)sc2cc(NC(=O)[C@@H]3CCCN(S(=O)(=O)CCCc4ccccc4)C3)ccc21. The Morgan fingerprint density at radius 1 is 1.18 bits per heavy atom. The molecule has 4 rings (SSSR count). The molecule has 0 aliphatic carbocycles. The number of carbonyl (C=O) groups is 1. The molecule has 0 saturated carbocycles. The van der Waals surface area contributed by atoms with Crippen LogP contribution in [0.3, 0.4) is 0 Å². The highest BCUT2D eigenvalue weighted by molar-refractivity contribution is 7.89. The van der Waals surface area contributed by atoms with E-state index in [2.05, 4.69) is 5.32 Å². The van der Waals surface area contributed by atoms with Gasteiger partial charge < -0.3 is 5.32 Å². The maximum atomic E-state index is 13.0. The van der Waals surface area contributed by atoms with Crippen LogP contribution in [0.1, 0.15) is 44.7 Å². The highest BCUT2D eigenvalue weighted by Gasteiger charge is 2.32. The van der Waals surface area contributed by atoms with Crippen LogP contribution in [0.5, 0.6) is 0 Å². The van der Waals surface area contributed by atoms with Crippen molar-refractivity contribution < 1.29 is 13.2 Å². The number of aryl methyl sites for hydroxylation is 1. The third-order valence-corrected chi connectivity index (χ3v) is 9.10. The molecule has 1 N–H and O–H groups in total. The van der Waals surface area contributed by atoms with Crippen molar-refractivity contribution in [2.45, 2.75) is 45.6 Å². The maximum Gasteiger partial charge on any atom is 0.308 e. The van der Waals surface area contributed by atoms with Crippen molar-refractivity contribution in [3.8, 4) is 0 Å². The van der Waals surface area contributed by atoms with Gasteiger partial charge in [-0.2, -0.15) is 0 Å². The summed E-state index contributed by atoms with van der Waals surface area (Å²) in [6.07, 6.45) is 2.58. The highest BCUT2D eigenvalue weighted by atomic mass is 32.2. The highest BCUT2D eigenvalue weighted by Crippen LogP contribution is 2.26. The van der Waals surface area contributed by atoms with Crippen LogP contribution < -0.4 is 10.2 Å². The number of nitrogens with one attached hydrogen (secondary N) is 1. The van der Waals surface area contributed by atoms with E-state index in [4.69, 9.17) is 0 Å². The van der Waals surface area contributed by atoms with Gasteiger partial charge in [0.15, 0.2) is 0 Å². The number of amides is 1. The van der Waals surface area contributed by atoms with Gasteiger partial charge in [0, 0.05) is 24.8 Å². The molecule has 9 heteroatoms. The van der Waals surface area contributed by atoms with Gasteiger partial charge >= 0.3 is 4.87 Å². The lowest BCUT2D eigenvalue weighted by atomic mass is 9.98. The van der Waals surface area contributed by atoms with E-state index >= 15 is 0 Å². The molecule has 0 spiro atoms. The number of carbonyl (C=O) groups excluding carboxylic acids is 1. The van der Waals surface area contributed by atoms with E-state index in [9.17, 15) is 18.0 Å². The summed E-state index contributed by atoms with van der Waals surface area (Å²) in [4.78, 5) is 25.2. The molecular formula is C25H31N3O4S2. The van der Waals surface area contributed by atoms with E-state index in [0.717, 1.165) is 27.1 Å². The summed E-state index contributed by atoms with van der Waals surface area (Å²) in [5.41, 5.74) is 2.60. The fourth-order valence-corrected chi connectivity index (χ4v) is 7.12. The second-order valence-corrected chi connectivity index (χ2v) is 12.2. The van der Waals surface area contributed by atoms with Crippen molar-refractivity contribution in [1.82, 2.24) is 8.87 Å². The Kier molecular flexibility index (Phi) is 7.54. The minimum Gasteiger partial charge on any atom is -0.326 e. The monoisotopic (exact) mass is 501 g/mol. The molecule has 1 aliphatic heterocycles. The zero-order chi connectivity index (χ0) is 24.3. The van der Waals surface area contributed by atoms with Crippen LogP contribution in [0.2, 0.25) is 0 Å². The minimum atomic E-state index is -3.41. The summed E-state index contributed by atoms with van der Waals surface area (Å²) < 4.78 is 29.8. The first-order valence-corrected chi connectivity index (χ1v) is 14.1. The molecule has 1 fully saturated rings. The lowest BCUT2D eigenvalue weighted by molar-refractivity contribution is -0.120. The van der Waals surface area contributed by atoms with E-state index in [1.165, 1.54) is 4.31 Å². The van der Waals surface area contributed by atoms with Crippen molar-refractivity contribution in [3.63, 3.8) is 0 Å². The predicted octanol–water partition coefficient (Wildman–Crippen LogP) is 4.26. The number of hydrogen-bond donors (Lipinski definition) is 1. The molecule has 2 aromatic carbocycles. The number of fused-ring (bicyclic) bond motifs is 1. The molecule has 34 heavy (non-hydrogen) atoms. The number of rotatable bonds is 8. The molecule has 182 valence electrons. The fraction of sp³-hybridized carbons (Fsp3) is 0.440. The molecule has 3 aromatic rings. The standard InChI is InChI=1S/C25H31N3O4S2/c1-18(2)28-22-13-12-21(16-23(22)33-25(28)30)26-24(29)20-11-6-14-27(17-20)34(31,32)15-7-10-19-8-4-3-5-9-19/h3-5,8-9,12-13,16,18,20H,6-7,10-11,14-15,17H2,1-2H3,(H,26,29)/t20-/m1/s1. The third-order valence-electron chi connectivity index (χ3n) is 6.26. The van der Waals surface area contributed by atoms with Gasteiger partial charge in [0.05, 0.1) is 21.9 Å². The second-order valence-electron chi connectivity index (χ2n) is 9.11. The summed E-state index contributed by atoms with van der Waals surface area (Å²) in [5, 5.41) is 2.93. The zero-order valence-corrected chi connectivity index (χ0v) is 21.2. The van der Waals surface area contributed by atoms with E-state index in [1.807, 2.05) is 56.3 Å². The number of hydrogen-bond acceptors (Lipinski definition) is 5. The number of nitrogens with zero attached hydrogens (tertiary/aromatic N) is 2. The molecule has 0 radical (unpaired) electrons. The van der Waals surface area contributed by atoms with Gasteiger partial charge in [-0.15, -0.1) is 0 Å². The first kappa shape index (κ1) is 24.6. The first-order chi connectivity index (χ1) is 16.2. The number of anilines is 1. The first-order valence-electron chi connectivity index (χ1n) is 11.7. The lowest BCUT2D eigenvalue weighted by Gasteiger charge is -2.31. The van der Waals surface area contributed by atoms with Crippen LogP contribution in [-0.4, -0.2) is 42.0 Å². The molecule has 2 heterocycles. The molecule has 7 nitrogen and oxygen atoms in total. The predicted molar refractivity (Wildman–Crippen MR) is 138 cm³/mol. The van der Waals surface area contributed by atoms with Gasteiger partial charge in [-0.25, -0.2) is 12.7 Å². The van der Waals surface area contributed by atoms with Crippen molar-refractivity contribution in [3.05, 3.63) is 63.8 Å². The fourth-order valence-electron chi connectivity index (χ4n) is 4.49. The van der Waals surface area contributed by atoms with Crippen LogP contribution in [0, 0.1) is 5.92 Å². The van der Waals surface area contributed by atoms with Gasteiger partial charge in [-0.05, 0) is 63.3 Å². The molecule has 1 atom stereocenters.